The minimum atomic E-state index is -0.683. The highest BCUT2D eigenvalue weighted by molar-refractivity contribution is 5.98. The Balaban J connectivity index is 1.94. The smallest absolute Gasteiger partial charge is 0.254 e. The molecule has 0 aliphatic carbocycles. The highest BCUT2D eigenvalue weighted by atomic mass is 19.1. The third-order valence-electron chi connectivity index (χ3n) is 4.29. The molecule has 1 aromatic heterocycles. The van der Waals surface area contributed by atoms with E-state index in [1.165, 1.54) is 12.1 Å². The quantitative estimate of drug-likeness (QED) is 0.940. The number of nitrogens with zero attached hydrogens (tertiary/aromatic N) is 3. The van der Waals surface area contributed by atoms with Crippen LogP contribution in [0.3, 0.4) is 0 Å². The molecule has 1 N–H and O–H groups in total. The summed E-state index contributed by atoms with van der Waals surface area (Å²) in [5, 5.41) is 7.59. The Morgan fingerprint density at radius 1 is 1.32 bits per heavy atom. The molecular formula is C16H19FN4O. The van der Waals surface area contributed by atoms with Gasteiger partial charge in [-0.3, -0.25) is 9.48 Å². The van der Waals surface area contributed by atoms with Gasteiger partial charge in [0.1, 0.15) is 11.4 Å². The minimum absolute atomic E-state index is 0.0238. The van der Waals surface area contributed by atoms with E-state index in [1.54, 1.807) is 35.0 Å². The lowest BCUT2D eigenvalue weighted by molar-refractivity contribution is -0.128. The SMILES string of the molecule is CN(C(=O)C1(n2cccn2)CCNCC1)c1ccc(F)cc1. The average Bonchev–Trinajstić information content (AvgIpc) is 3.10. The summed E-state index contributed by atoms with van der Waals surface area (Å²) in [7, 11) is 1.73. The van der Waals surface area contributed by atoms with Gasteiger partial charge in [-0.05, 0) is 56.3 Å². The number of carbonyl (C=O) groups excluding carboxylic acids is 1. The Morgan fingerprint density at radius 3 is 2.59 bits per heavy atom. The number of piperidine rings is 1. The minimum Gasteiger partial charge on any atom is -0.317 e. The lowest BCUT2D eigenvalue weighted by Crippen LogP contribution is -2.55. The predicted molar refractivity (Wildman–Crippen MR) is 82.1 cm³/mol. The molecule has 6 heteroatoms. The van der Waals surface area contributed by atoms with Gasteiger partial charge in [0.25, 0.3) is 5.91 Å². The number of likely N-dealkylation sites (N-methyl/N-ethyl adjacent to an activating group) is 1. The van der Waals surface area contributed by atoms with Crippen molar-refractivity contribution in [2.45, 2.75) is 18.4 Å². The number of hydrogen-bond acceptors (Lipinski definition) is 3. The molecule has 0 radical (unpaired) electrons. The Morgan fingerprint density at radius 2 is 2.00 bits per heavy atom. The average molecular weight is 302 g/mol. The van der Waals surface area contributed by atoms with Crippen LogP contribution in [-0.4, -0.2) is 35.8 Å². The van der Waals surface area contributed by atoms with E-state index in [9.17, 15) is 9.18 Å². The molecule has 2 aromatic rings. The number of anilines is 1. The molecule has 0 saturated carbocycles. The van der Waals surface area contributed by atoms with Gasteiger partial charge >= 0.3 is 0 Å². The molecule has 0 unspecified atom stereocenters. The maximum absolute atomic E-state index is 13.1. The normalized spacial score (nSPS) is 17.2. The van der Waals surface area contributed by atoms with Crippen LogP contribution in [0.1, 0.15) is 12.8 Å². The molecule has 0 atom stereocenters. The summed E-state index contributed by atoms with van der Waals surface area (Å²) >= 11 is 0. The topological polar surface area (TPSA) is 50.2 Å². The number of amides is 1. The first-order valence-corrected chi connectivity index (χ1v) is 7.38. The molecule has 1 fully saturated rings. The second-order valence-corrected chi connectivity index (χ2v) is 5.57. The van der Waals surface area contributed by atoms with Crippen molar-refractivity contribution in [2.24, 2.45) is 0 Å². The molecule has 0 spiro atoms. The molecule has 1 amide bonds. The molecule has 116 valence electrons. The van der Waals surface area contributed by atoms with Crippen LogP contribution in [0.15, 0.2) is 42.7 Å². The van der Waals surface area contributed by atoms with Gasteiger partial charge in [-0.1, -0.05) is 0 Å². The van der Waals surface area contributed by atoms with Crippen LogP contribution in [-0.2, 0) is 10.3 Å². The molecule has 22 heavy (non-hydrogen) atoms. The van der Waals surface area contributed by atoms with E-state index in [4.69, 9.17) is 0 Å². The van der Waals surface area contributed by atoms with Crippen LogP contribution >= 0.6 is 0 Å². The van der Waals surface area contributed by atoms with Gasteiger partial charge in [-0.2, -0.15) is 5.10 Å². The van der Waals surface area contributed by atoms with Crippen molar-refractivity contribution >= 4 is 11.6 Å². The summed E-state index contributed by atoms with van der Waals surface area (Å²) in [5.74, 6) is -0.336. The van der Waals surface area contributed by atoms with Crippen LogP contribution in [0.2, 0.25) is 0 Å². The van der Waals surface area contributed by atoms with E-state index in [1.807, 2.05) is 12.3 Å². The van der Waals surface area contributed by atoms with E-state index in [0.717, 1.165) is 13.1 Å². The number of hydrogen-bond donors (Lipinski definition) is 1. The zero-order valence-electron chi connectivity index (χ0n) is 12.5. The first kappa shape index (κ1) is 14.7. The summed E-state index contributed by atoms with van der Waals surface area (Å²) < 4.78 is 14.8. The van der Waals surface area contributed by atoms with Crippen LogP contribution < -0.4 is 10.2 Å². The van der Waals surface area contributed by atoms with E-state index >= 15 is 0 Å². The largest absolute Gasteiger partial charge is 0.317 e. The van der Waals surface area contributed by atoms with Crippen molar-refractivity contribution in [3.63, 3.8) is 0 Å². The first-order valence-electron chi connectivity index (χ1n) is 7.38. The van der Waals surface area contributed by atoms with Crippen LogP contribution in [0.25, 0.3) is 0 Å². The van der Waals surface area contributed by atoms with Gasteiger partial charge in [0.15, 0.2) is 0 Å². The first-order chi connectivity index (χ1) is 10.6. The number of rotatable bonds is 3. The summed E-state index contributed by atoms with van der Waals surface area (Å²) in [6, 6.07) is 7.79. The van der Waals surface area contributed by atoms with E-state index < -0.39 is 5.54 Å². The van der Waals surface area contributed by atoms with Crippen molar-refractivity contribution in [3.8, 4) is 0 Å². The number of carbonyl (C=O) groups is 1. The highest BCUT2D eigenvalue weighted by Crippen LogP contribution is 2.30. The summed E-state index contributed by atoms with van der Waals surface area (Å²) in [6.07, 6.45) is 4.88. The molecule has 1 saturated heterocycles. The van der Waals surface area contributed by atoms with Gasteiger partial charge in [0.2, 0.25) is 0 Å². The van der Waals surface area contributed by atoms with Gasteiger partial charge in [0.05, 0.1) is 0 Å². The fraction of sp³-hybridized carbons (Fsp3) is 0.375. The van der Waals surface area contributed by atoms with Gasteiger partial charge in [0, 0.05) is 25.1 Å². The van der Waals surface area contributed by atoms with E-state index in [2.05, 4.69) is 10.4 Å². The standard InChI is InChI=1S/C16H19FN4O/c1-20(14-5-3-13(17)4-6-14)15(22)16(7-10-18-11-8-16)21-12-2-9-19-21/h2-6,9,12,18H,7-8,10-11H2,1H3. The molecule has 1 aliphatic heterocycles. The monoisotopic (exact) mass is 302 g/mol. The Kier molecular flexibility index (Phi) is 3.94. The van der Waals surface area contributed by atoms with Crippen molar-refractivity contribution < 1.29 is 9.18 Å². The predicted octanol–water partition coefficient (Wildman–Crippen LogP) is 1.76. The second-order valence-electron chi connectivity index (χ2n) is 5.57. The van der Waals surface area contributed by atoms with Crippen LogP contribution in [0.4, 0.5) is 10.1 Å². The number of benzene rings is 1. The Labute approximate surface area is 128 Å². The number of aromatic nitrogens is 2. The fourth-order valence-electron chi connectivity index (χ4n) is 3.00. The molecule has 1 aromatic carbocycles. The van der Waals surface area contributed by atoms with Crippen LogP contribution in [0, 0.1) is 5.82 Å². The molecule has 3 rings (SSSR count). The lowest BCUT2D eigenvalue weighted by Gasteiger charge is -2.39. The van der Waals surface area contributed by atoms with Crippen molar-refractivity contribution in [1.82, 2.24) is 15.1 Å². The molecule has 1 aliphatic rings. The Bertz CT molecular complexity index is 633. The van der Waals surface area contributed by atoms with Crippen molar-refractivity contribution in [2.75, 3.05) is 25.0 Å². The number of halogens is 1. The van der Waals surface area contributed by atoms with Crippen molar-refractivity contribution in [1.29, 1.82) is 0 Å². The summed E-state index contributed by atoms with van der Waals surface area (Å²) in [6.45, 7) is 1.53. The second kappa shape index (κ2) is 5.88. The molecule has 2 heterocycles. The fourth-order valence-corrected chi connectivity index (χ4v) is 3.00. The number of nitrogens with one attached hydrogen (secondary N) is 1. The molecule has 5 nitrogen and oxygen atoms in total. The van der Waals surface area contributed by atoms with E-state index in [-0.39, 0.29) is 11.7 Å². The molecular weight excluding hydrogens is 283 g/mol. The van der Waals surface area contributed by atoms with Crippen LogP contribution in [0.5, 0.6) is 0 Å². The maximum Gasteiger partial charge on any atom is 0.254 e. The summed E-state index contributed by atoms with van der Waals surface area (Å²) in [5.41, 5.74) is -0.00537. The van der Waals surface area contributed by atoms with Gasteiger partial charge in [-0.25, -0.2) is 4.39 Å². The third kappa shape index (κ3) is 2.50. The van der Waals surface area contributed by atoms with Gasteiger partial charge < -0.3 is 10.2 Å². The summed E-state index contributed by atoms with van der Waals surface area (Å²) in [4.78, 5) is 14.7. The van der Waals surface area contributed by atoms with E-state index in [0.29, 0.717) is 18.5 Å². The van der Waals surface area contributed by atoms with Gasteiger partial charge in [-0.15, -0.1) is 0 Å². The maximum atomic E-state index is 13.1. The highest BCUT2D eigenvalue weighted by Gasteiger charge is 2.43. The zero-order chi connectivity index (χ0) is 15.6. The molecule has 0 bridgehead atoms. The Hall–Kier alpha value is -2.21. The third-order valence-corrected chi connectivity index (χ3v) is 4.29. The lowest BCUT2D eigenvalue weighted by atomic mass is 9.86. The van der Waals surface area contributed by atoms with Crippen molar-refractivity contribution in [3.05, 3.63) is 48.5 Å². The zero-order valence-corrected chi connectivity index (χ0v) is 12.5.